The Morgan fingerprint density at radius 2 is 2.20 bits per heavy atom. The first-order chi connectivity index (χ1) is 12.1. The van der Waals surface area contributed by atoms with Crippen molar-refractivity contribution in [3.63, 3.8) is 0 Å². The number of imidazole rings is 2. The molecule has 1 saturated heterocycles. The molecule has 1 aromatic carbocycles. The second-order valence-electron chi connectivity index (χ2n) is 7.55. The molecule has 5 nitrogen and oxygen atoms in total. The summed E-state index contributed by atoms with van der Waals surface area (Å²) in [7, 11) is 0. The third-order valence-electron chi connectivity index (χ3n) is 5.31. The van der Waals surface area contributed by atoms with Crippen molar-refractivity contribution in [2.75, 3.05) is 13.1 Å². The third kappa shape index (κ3) is 3.21. The Labute approximate surface area is 149 Å². The zero-order valence-corrected chi connectivity index (χ0v) is 15.4. The van der Waals surface area contributed by atoms with Crippen LogP contribution in [-0.4, -0.2) is 37.5 Å². The molecular formula is C20H27N5. The summed E-state index contributed by atoms with van der Waals surface area (Å²) in [6.07, 6.45) is 6.38. The molecule has 0 saturated carbocycles. The summed E-state index contributed by atoms with van der Waals surface area (Å²) in [5.74, 6) is 1.63. The van der Waals surface area contributed by atoms with Crippen LogP contribution in [0, 0.1) is 6.92 Å². The Morgan fingerprint density at radius 3 is 3.00 bits per heavy atom. The van der Waals surface area contributed by atoms with Crippen molar-refractivity contribution in [2.45, 2.75) is 52.1 Å². The number of aromatic nitrogens is 4. The number of para-hydroxylation sites is 1. The molecule has 1 aliphatic rings. The molecule has 0 amide bonds. The summed E-state index contributed by atoms with van der Waals surface area (Å²) < 4.78 is 2.27. The number of hydrogen-bond acceptors (Lipinski definition) is 3. The van der Waals surface area contributed by atoms with E-state index >= 15 is 0 Å². The molecule has 3 aromatic rings. The summed E-state index contributed by atoms with van der Waals surface area (Å²) in [4.78, 5) is 15.4. The first-order valence-electron chi connectivity index (χ1n) is 9.30. The summed E-state index contributed by atoms with van der Waals surface area (Å²) in [6.45, 7) is 9.73. The van der Waals surface area contributed by atoms with Gasteiger partial charge in [0.05, 0.1) is 23.1 Å². The molecule has 1 N–H and O–H groups in total. The SMILES string of the molecule is Cc1cccc2[nH]c([C@H]3CCCN(Cc4cncn4C(C)C)C3)nc12. The second kappa shape index (κ2) is 6.64. The standard InChI is InChI=1S/C20H27N5/c1-14(2)25-13-21-10-17(25)12-24-9-5-7-16(11-24)20-22-18-8-4-6-15(3)19(18)23-20/h4,6,8,10,13-14,16H,5,7,9,11-12H2,1-3H3,(H,22,23)/t16-/m0/s1. The van der Waals surface area contributed by atoms with Gasteiger partial charge in [-0.1, -0.05) is 12.1 Å². The fraction of sp³-hybridized carbons (Fsp3) is 0.500. The topological polar surface area (TPSA) is 49.7 Å². The van der Waals surface area contributed by atoms with E-state index in [0.717, 1.165) is 36.5 Å². The minimum atomic E-state index is 0.455. The number of benzene rings is 1. The number of H-pyrrole nitrogens is 1. The van der Waals surface area contributed by atoms with Crippen molar-refractivity contribution in [1.29, 1.82) is 0 Å². The molecule has 4 rings (SSSR count). The molecule has 25 heavy (non-hydrogen) atoms. The average molecular weight is 337 g/mol. The molecule has 2 aromatic heterocycles. The van der Waals surface area contributed by atoms with Crippen LogP contribution in [0.15, 0.2) is 30.7 Å². The van der Waals surface area contributed by atoms with Gasteiger partial charge in [0.25, 0.3) is 0 Å². The highest BCUT2D eigenvalue weighted by Gasteiger charge is 2.25. The van der Waals surface area contributed by atoms with E-state index in [4.69, 9.17) is 4.98 Å². The van der Waals surface area contributed by atoms with Gasteiger partial charge in [0.2, 0.25) is 0 Å². The molecule has 5 heteroatoms. The van der Waals surface area contributed by atoms with Crippen LogP contribution in [0.5, 0.6) is 0 Å². The minimum absolute atomic E-state index is 0.455. The van der Waals surface area contributed by atoms with E-state index in [1.54, 1.807) is 0 Å². The van der Waals surface area contributed by atoms with Gasteiger partial charge in [-0.3, -0.25) is 4.90 Å². The summed E-state index contributed by atoms with van der Waals surface area (Å²) in [5, 5.41) is 0. The van der Waals surface area contributed by atoms with Gasteiger partial charge in [0.15, 0.2) is 0 Å². The Bertz CT molecular complexity index is 860. The number of piperidine rings is 1. The molecule has 0 radical (unpaired) electrons. The van der Waals surface area contributed by atoms with Crippen LogP contribution in [0.25, 0.3) is 11.0 Å². The van der Waals surface area contributed by atoms with Crippen molar-refractivity contribution in [2.24, 2.45) is 0 Å². The summed E-state index contributed by atoms with van der Waals surface area (Å²) in [5.41, 5.74) is 4.82. The van der Waals surface area contributed by atoms with Gasteiger partial charge >= 0.3 is 0 Å². The lowest BCUT2D eigenvalue weighted by Crippen LogP contribution is -2.35. The van der Waals surface area contributed by atoms with E-state index in [-0.39, 0.29) is 0 Å². The van der Waals surface area contributed by atoms with Gasteiger partial charge in [0, 0.05) is 31.2 Å². The zero-order chi connectivity index (χ0) is 17.4. The molecule has 132 valence electrons. The van der Waals surface area contributed by atoms with Crippen molar-refractivity contribution in [1.82, 2.24) is 24.4 Å². The second-order valence-corrected chi connectivity index (χ2v) is 7.55. The summed E-state index contributed by atoms with van der Waals surface area (Å²) >= 11 is 0. The number of likely N-dealkylation sites (tertiary alicyclic amines) is 1. The molecule has 0 aliphatic carbocycles. The lowest BCUT2D eigenvalue weighted by Gasteiger charge is -2.32. The average Bonchev–Trinajstić information content (AvgIpc) is 3.22. The number of nitrogens with one attached hydrogen (secondary N) is 1. The Balaban J connectivity index is 1.52. The number of fused-ring (bicyclic) bond motifs is 1. The van der Waals surface area contributed by atoms with Gasteiger partial charge in [0.1, 0.15) is 5.82 Å². The van der Waals surface area contributed by atoms with Crippen molar-refractivity contribution < 1.29 is 0 Å². The molecule has 3 heterocycles. The van der Waals surface area contributed by atoms with Crippen LogP contribution in [0.4, 0.5) is 0 Å². The molecular weight excluding hydrogens is 310 g/mol. The molecule has 0 bridgehead atoms. The van der Waals surface area contributed by atoms with Crippen LogP contribution in [0.1, 0.15) is 55.7 Å². The maximum atomic E-state index is 4.91. The van der Waals surface area contributed by atoms with Crippen LogP contribution >= 0.6 is 0 Å². The van der Waals surface area contributed by atoms with Crippen LogP contribution in [-0.2, 0) is 6.54 Å². The van der Waals surface area contributed by atoms with Crippen molar-refractivity contribution in [3.8, 4) is 0 Å². The highest BCUT2D eigenvalue weighted by atomic mass is 15.2. The molecule has 1 atom stereocenters. The van der Waals surface area contributed by atoms with E-state index in [0.29, 0.717) is 12.0 Å². The Kier molecular flexibility index (Phi) is 4.34. The molecule has 1 aliphatic heterocycles. The van der Waals surface area contributed by atoms with E-state index in [9.17, 15) is 0 Å². The van der Waals surface area contributed by atoms with Crippen LogP contribution in [0.3, 0.4) is 0 Å². The van der Waals surface area contributed by atoms with E-state index < -0.39 is 0 Å². The number of aryl methyl sites for hydroxylation is 1. The van der Waals surface area contributed by atoms with Gasteiger partial charge in [-0.15, -0.1) is 0 Å². The highest BCUT2D eigenvalue weighted by Crippen LogP contribution is 2.28. The lowest BCUT2D eigenvalue weighted by atomic mass is 9.97. The Hall–Kier alpha value is -2.14. The first kappa shape index (κ1) is 16.3. The molecule has 0 spiro atoms. The van der Waals surface area contributed by atoms with Gasteiger partial charge in [-0.2, -0.15) is 0 Å². The number of hydrogen-bond donors (Lipinski definition) is 1. The quantitative estimate of drug-likeness (QED) is 0.782. The van der Waals surface area contributed by atoms with Crippen molar-refractivity contribution >= 4 is 11.0 Å². The zero-order valence-electron chi connectivity index (χ0n) is 15.4. The highest BCUT2D eigenvalue weighted by molar-refractivity contribution is 5.78. The van der Waals surface area contributed by atoms with E-state index in [2.05, 4.69) is 58.4 Å². The van der Waals surface area contributed by atoms with Crippen molar-refractivity contribution in [3.05, 3.63) is 47.8 Å². The number of aromatic amines is 1. The number of rotatable bonds is 4. The van der Waals surface area contributed by atoms with E-state index in [1.807, 2.05) is 12.5 Å². The molecule has 0 unspecified atom stereocenters. The van der Waals surface area contributed by atoms with Gasteiger partial charge in [-0.25, -0.2) is 9.97 Å². The minimum Gasteiger partial charge on any atom is -0.342 e. The van der Waals surface area contributed by atoms with Gasteiger partial charge < -0.3 is 9.55 Å². The predicted molar refractivity (Wildman–Crippen MR) is 101 cm³/mol. The smallest absolute Gasteiger partial charge is 0.111 e. The Morgan fingerprint density at radius 1 is 1.32 bits per heavy atom. The largest absolute Gasteiger partial charge is 0.342 e. The molecule has 1 fully saturated rings. The third-order valence-corrected chi connectivity index (χ3v) is 5.31. The number of nitrogens with zero attached hydrogens (tertiary/aromatic N) is 4. The van der Waals surface area contributed by atoms with E-state index in [1.165, 1.54) is 24.1 Å². The monoisotopic (exact) mass is 337 g/mol. The predicted octanol–water partition coefficient (Wildman–Crippen LogP) is 4.03. The van der Waals surface area contributed by atoms with Gasteiger partial charge in [-0.05, 0) is 51.8 Å². The fourth-order valence-corrected chi connectivity index (χ4v) is 3.96. The van der Waals surface area contributed by atoms with Crippen LogP contribution in [0.2, 0.25) is 0 Å². The van der Waals surface area contributed by atoms with Crippen LogP contribution < -0.4 is 0 Å². The normalized spacial score (nSPS) is 19.1. The summed E-state index contributed by atoms with van der Waals surface area (Å²) in [6, 6.07) is 6.81. The maximum absolute atomic E-state index is 4.91. The fourth-order valence-electron chi connectivity index (χ4n) is 3.96. The maximum Gasteiger partial charge on any atom is 0.111 e. The first-order valence-corrected chi connectivity index (χ1v) is 9.30. The lowest BCUT2D eigenvalue weighted by molar-refractivity contribution is 0.192.